The standard InChI is InChI=1S/C43H63ClN2O6/c1-25(2)35-29(47)20-43(32(48)24-45-23-27-11-10-26(44)22-46-27)19-18-41(8)28(36(35)43)12-13-31-40(7)16-15-33(52-34(49)21-38(3,4)37(50)51)39(5,6)30(40)14-17-42(31,41)9/h10-11,22,25,28,30-33,45,48H,12-21,23-24H2,1-9H3,(H,50,51). The number of carboxylic acids is 1. The number of aliphatic hydroxyl groups excluding tert-OH is 1. The van der Waals surface area contributed by atoms with Gasteiger partial charge in [0.2, 0.25) is 0 Å². The molecule has 0 amide bonds. The number of Topliss-reactive ketones (excluding diaryl/α,β-unsaturated/α-hetero) is 1. The van der Waals surface area contributed by atoms with Crippen LogP contribution in [-0.2, 0) is 25.7 Å². The highest BCUT2D eigenvalue weighted by atomic mass is 35.5. The second kappa shape index (κ2) is 13.5. The Balaban J connectivity index is 1.26. The zero-order valence-electron chi connectivity index (χ0n) is 33.0. The van der Waals surface area contributed by atoms with Crippen LogP contribution in [-0.4, -0.2) is 51.7 Å². The van der Waals surface area contributed by atoms with Gasteiger partial charge in [0.1, 0.15) is 6.10 Å². The van der Waals surface area contributed by atoms with E-state index in [-0.39, 0.29) is 51.8 Å². The number of carbonyl (C=O) groups excluding carboxylic acids is 2. The fraction of sp³-hybridized carbons (Fsp3) is 0.767. The van der Waals surface area contributed by atoms with Gasteiger partial charge >= 0.3 is 11.9 Å². The Kier molecular flexibility index (Phi) is 10.2. The van der Waals surface area contributed by atoms with Crippen molar-refractivity contribution in [3.63, 3.8) is 0 Å². The Morgan fingerprint density at radius 2 is 1.71 bits per heavy atom. The van der Waals surface area contributed by atoms with Crippen LogP contribution < -0.4 is 5.32 Å². The summed E-state index contributed by atoms with van der Waals surface area (Å²) in [6, 6.07) is 3.72. The topological polar surface area (TPSA) is 126 Å². The number of aromatic nitrogens is 1. The number of rotatable bonds is 10. The number of nitrogens with zero attached hydrogens (tertiary/aromatic N) is 1. The molecule has 52 heavy (non-hydrogen) atoms. The highest BCUT2D eigenvalue weighted by Crippen LogP contribution is 2.77. The molecule has 1 aromatic heterocycles. The van der Waals surface area contributed by atoms with Gasteiger partial charge in [0.25, 0.3) is 0 Å². The van der Waals surface area contributed by atoms with Gasteiger partial charge in [-0.25, -0.2) is 0 Å². The van der Waals surface area contributed by atoms with Crippen LogP contribution >= 0.6 is 11.6 Å². The minimum atomic E-state index is -1.17. The molecule has 0 radical (unpaired) electrons. The Hall–Kier alpha value is -2.29. The van der Waals surface area contributed by atoms with Gasteiger partial charge in [-0.3, -0.25) is 19.4 Å². The lowest BCUT2D eigenvalue weighted by Gasteiger charge is -2.72. The van der Waals surface area contributed by atoms with Crippen molar-refractivity contribution in [2.75, 3.05) is 6.54 Å². The number of esters is 1. The molecule has 0 spiro atoms. The van der Waals surface area contributed by atoms with Gasteiger partial charge in [0.15, 0.2) is 5.78 Å². The fourth-order valence-corrected chi connectivity index (χ4v) is 13.1. The van der Waals surface area contributed by atoms with E-state index in [2.05, 4.69) is 58.8 Å². The van der Waals surface area contributed by atoms with Crippen LogP contribution in [0.15, 0.2) is 29.5 Å². The number of pyridine rings is 1. The first-order valence-electron chi connectivity index (χ1n) is 19.8. The Labute approximate surface area is 316 Å². The Bertz CT molecular complexity index is 1620. The van der Waals surface area contributed by atoms with Crippen molar-refractivity contribution in [1.82, 2.24) is 10.3 Å². The second-order valence-electron chi connectivity index (χ2n) is 19.7. The number of aliphatic carboxylic acids is 1. The number of hydrogen-bond acceptors (Lipinski definition) is 7. The molecule has 3 N–H and O–H groups in total. The summed E-state index contributed by atoms with van der Waals surface area (Å²) in [7, 11) is 0. The molecule has 6 rings (SSSR count). The lowest BCUT2D eigenvalue weighted by atomic mass is 9.33. The molecule has 4 saturated carbocycles. The summed E-state index contributed by atoms with van der Waals surface area (Å²) in [6.45, 7) is 20.5. The molecular formula is C43H63ClN2O6. The summed E-state index contributed by atoms with van der Waals surface area (Å²) in [5, 5.41) is 25.8. The minimum absolute atomic E-state index is 0.0241. The molecule has 9 unspecified atom stereocenters. The van der Waals surface area contributed by atoms with Crippen LogP contribution in [0, 0.1) is 56.2 Å². The molecule has 0 saturated heterocycles. The van der Waals surface area contributed by atoms with E-state index in [1.54, 1.807) is 20.0 Å². The van der Waals surface area contributed by atoms with Crippen LogP contribution in [0.4, 0.5) is 0 Å². The van der Waals surface area contributed by atoms with Crippen molar-refractivity contribution < 1.29 is 29.3 Å². The van der Waals surface area contributed by atoms with E-state index >= 15 is 0 Å². The highest BCUT2D eigenvalue weighted by molar-refractivity contribution is 6.30. The molecule has 0 aromatic carbocycles. The average Bonchev–Trinajstić information content (AvgIpc) is 3.36. The molecule has 288 valence electrons. The summed E-state index contributed by atoms with van der Waals surface area (Å²) in [6.07, 6.45) is 8.69. The molecule has 8 nitrogen and oxygen atoms in total. The number of ketones is 1. The molecule has 9 atom stereocenters. The number of aliphatic hydroxyl groups is 1. The van der Waals surface area contributed by atoms with Crippen molar-refractivity contribution in [2.24, 2.45) is 56.2 Å². The molecule has 0 aliphatic heterocycles. The predicted molar refractivity (Wildman–Crippen MR) is 202 cm³/mol. The third kappa shape index (κ3) is 6.09. The predicted octanol–water partition coefficient (Wildman–Crippen LogP) is 8.58. The molecule has 0 bridgehead atoms. The quantitative estimate of drug-likeness (QED) is 0.204. The lowest BCUT2D eigenvalue weighted by Crippen LogP contribution is -2.66. The fourth-order valence-electron chi connectivity index (χ4n) is 13.0. The number of ether oxygens (including phenoxy) is 1. The van der Waals surface area contributed by atoms with Gasteiger partial charge < -0.3 is 20.3 Å². The van der Waals surface area contributed by atoms with Gasteiger partial charge in [0.05, 0.1) is 28.7 Å². The maximum Gasteiger partial charge on any atom is 0.309 e. The van der Waals surface area contributed by atoms with E-state index in [4.69, 9.17) is 16.3 Å². The summed E-state index contributed by atoms with van der Waals surface area (Å²) in [5.41, 5.74) is 1.22. The van der Waals surface area contributed by atoms with Crippen LogP contribution in [0.2, 0.25) is 5.02 Å². The van der Waals surface area contributed by atoms with Gasteiger partial charge in [-0.2, -0.15) is 0 Å². The number of nitrogens with one attached hydrogen (secondary N) is 1. The SMILES string of the molecule is CC(C)C1=C2C3CCC4C5(C)CCC(OC(=O)CC(C)(C)C(=O)O)C(C)(C)C5CCC4(C)C3(C)CCC2(C(O)CNCc2ccc(Cl)cn2)CC1=O. The Morgan fingerprint density at radius 3 is 2.35 bits per heavy atom. The van der Waals surface area contributed by atoms with Crippen molar-refractivity contribution >= 4 is 29.3 Å². The van der Waals surface area contributed by atoms with Crippen LogP contribution in [0.3, 0.4) is 0 Å². The van der Waals surface area contributed by atoms with E-state index in [1.807, 2.05) is 12.1 Å². The number of fused-ring (bicyclic) bond motifs is 7. The van der Waals surface area contributed by atoms with E-state index in [0.29, 0.717) is 36.4 Å². The van der Waals surface area contributed by atoms with E-state index in [9.17, 15) is 24.6 Å². The first-order valence-corrected chi connectivity index (χ1v) is 20.2. The van der Waals surface area contributed by atoms with Gasteiger partial charge in [-0.05, 0) is 123 Å². The number of halogens is 1. The van der Waals surface area contributed by atoms with Crippen LogP contribution in [0.1, 0.15) is 132 Å². The number of hydrogen-bond donors (Lipinski definition) is 3. The van der Waals surface area contributed by atoms with Gasteiger partial charge in [-0.15, -0.1) is 0 Å². The van der Waals surface area contributed by atoms with Crippen molar-refractivity contribution in [2.45, 2.75) is 145 Å². The van der Waals surface area contributed by atoms with Crippen LogP contribution in [0.5, 0.6) is 0 Å². The van der Waals surface area contributed by atoms with Crippen molar-refractivity contribution in [3.8, 4) is 0 Å². The number of carbonyl (C=O) groups is 3. The van der Waals surface area contributed by atoms with Gasteiger partial charge in [0, 0.05) is 36.5 Å². The third-order valence-corrected chi connectivity index (χ3v) is 16.2. The molecule has 9 heteroatoms. The molecule has 5 aliphatic rings. The highest BCUT2D eigenvalue weighted by Gasteiger charge is 2.70. The summed E-state index contributed by atoms with van der Waals surface area (Å²) >= 11 is 6.04. The third-order valence-electron chi connectivity index (χ3n) is 15.9. The normalized spacial score (nSPS) is 37.5. The molecule has 5 aliphatic carbocycles. The zero-order valence-corrected chi connectivity index (χ0v) is 33.8. The van der Waals surface area contributed by atoms with E-state index in [1.165, 1.54) is 5.57 Å². The number of allylic oxidation sites excluding steroid dienone is 1. The largest absolute Gasteiger partial charge is 0.481 e. The smallest absolute Gasteiger partial charge is 0.309 e. The number of carboxylic acid groups (broad SMARTS) is 1. The molecular weight excluding hydrogens is 676 g/mol. The molecule has 1 heterocycles. The molecule has 4 fully saturated rings. The Morgan fingerprint density at radius 1 is 1.00 bits per heavy atom. The average molecular weight is 739 g/mol. The summed E-state index contributed by atoms with van der Waals surface area (Å²) in [4.78, 5) is 43.2. The monoisotopic (exact) mass is 738 g/mol. The van der Waals surface area contributed by atoms with Crippen molar-refractivity contribution in [1.29, 1.82) is 0 Å². The van der Waals surface area contributed by atoms with Crippen molar-refractivity contribution in [3.05, 3.63) is 40.2 Å². The maximum atomic E-state index is 14.0. The second-order valence-corrected chi connectivity index (χ2v) is 20.1. The van der Waals surface area contributed by atoms with E-state index in [0.717, 1.165) is 62.6 Å². The van der Waals surface area contributed by atoms with E-state index < -0.39 is 28.9 Å². The summed E-state index contributed by atoms with van der Waals surface area (Å²) in [5.74, 6) is -0.0169. The maximum absolute atomic E-state index is 14.0. The zero-order chi connectivity index (χ0) is 38.2. The lowest BCUT2D eigenvalue weighted by molar-refractivity contribution is -0.235. The summed E-state index contributed by atoms with van der Waals surface area (Å²) < 4.78 is 6.16. The van der Waals surface area contributed by atoms with Crippen LogP contribution in [0.25, 0.3) is 0 Å². The first kappa shape index (κ1) is 39.4. The van der Waals surface area contributed by atoms with Gasteiger partial charge in [-0.1, -0.05) is 65.6 Å². The minimum Gasteiger partial charge on any atom is -0.481 e. The molecule has 1 aromatic rings. The first-order chi connectivity index (χ1) is 24.1.